The molecule has 1 saturated heterocycles. The summed E-state index contributed by atoms with van der Waals surface area (Å²) in [5.41, 5.74) is 5.20. The number of aromatic nitrogens is 1. The topological polar surface area (TPSA) is 158 Å². The first kappa shape index (κ1) is 49.4. The number of carbonyl (C=O) groups is 3. The minimum atomic E-state index is -0.854. The Morgan fingerprint density at radius 3 is 2.15 bits per heavy atom. The molecule has 1 fully saturated rings. The molecule has 0 radical (unpaired) electrons. The van der Waals surface area contributed by atoms with Crippen LogP contribution in [-0.2, 0) is 28.6 Å². The predicted octanol–water partition coefficient (Wildman–Crippen LogP) is 9.98. The zero-order valence-corrected chi connectivity index (χ0v) is 40.7. The molecule has 3 heterocycles. The molecule has 3 amide bonds. The Labute approximate surface area is 404 Å². The van der Waals surface area contributed by atoms with Crippen molar-refractivity contribution >= 4 is 62.1 Å². The largest absolute Gasteiger partial charge is 0.508 e. The van der Waals surface area contributed by atoms with E-state index in [1.54, 1.807) is 28.4 Å². The summed E-state index contributed by atoms with van der Waals surface area (Å²) < 4.78 is 30.0. The number of fused-ring (bicyclic) bond motifs is 1. The SMILES string of the molecule is Cc1ncsc1-c1ccc([C@H](C)NC(=O)[C@@H]2CCCN2C(=O)C(NC(=O)COCCOCCOCCOc2ccc(Oc3c(-c4ccc(Cl)cc4)sc4cc(O)ccc34)cc2)C(C)(C)C)cc1. The van der Waals surface area contributed by atoms with Crippen LogP contribution in [0.5, 0.6) is 23.0 Å². The molecule has 6 aromatic rings. The van der Waals surface area contributed by atoms with Crippen LogP contribution in [0.25, 0.3) is 31.0 Å². The lowest BCUT2D eigenvalue weighted by molar-refractivity contribution is -0.144. The molecule has 0 bridgehead atoms. The van der Waals surface area contributed by atoms with Gasteiger partial charge in [-0.05, 0) is 103 Å². The molecule has 0 spiro atoms. The number of thiophene rings is 1. The van der Waals surface area contributed by atoms with E-state index in [0.29, 0.717) is 68.1 Å². The third-order valence-electron chi connectivity index (χ3n) is 11.3. The number of aromatic hydroxyl groups is 1. The van der Waals surface area contributed by atoms with E-state index in [9.17, 15) is 19.5 Å². The fourth-order valence-corrected chi connectivity index (χ4v) is 9.82. The standard InChI is InChI=1S/C51H57ClN4O9S2/c1-32(34-8-10-35(11-9-34)46-33(2)53-31-66-46)54-49(59)42-7-6-22-56(42)50(60)48(51(3,4)5)55-44(58)30-63-26-25-61-23-24-62-27-28-64-39-17-19-40(20-18-39)65-45-41-21-16-38(57)29-43(41)67-47(45)36-12-14-37(52)15-13-36/h8-21,29,31-32,42,48,57H,6-7,22-28,30H2,1-5H3,(H,54,59)(H,55,58)/t32-,42-,48?/m0/s1. The Morgan fingerprint density at radius 1 is 0.836 bits per heavy atom. The van der Waals surface area contributed by atoms with Crippen molar-refractivity contribution in [2.24, 2.45) is 5.41 Å². The average molecular weight is 970 g/mol. The number of hydrogen-bond donors (Lipinski definition) is 3. The van der Waals surface area contributed by atoms with Crippen molar-refractivity contribution in [3.05, 3.63) is 113 Å². The first-order valence-corrected chi connectivity index (χ1v) is 24.4. The van der Waals surface area contributed by atoms with E-state index in [-0.39, 0.29) is 43.4 Å². The van der Waals surface area contributed by atoms with Crippen LogP contribution >= 0.6 is 34.3 Å². The molecule has 3 atom stereocenters. The highest BCUT2D eigenvalue weighted by atomic mass is 35.5. The minimum Gasteiger partial charge on any atom is -0.508 e. The Kier molecular flexibility index (Phi) is 16.9. The van der Waals surface area contributed by atoms with Gasteiger partial charge >= 0.3 is 0 Å². The van der Waals surface area contributed by atoms with E-state index in [1.807, 2.05) is 119 Å². The van der Waals surface area contributed by atoms with Crippen LogP contribution in [0.2, 0.25) is 5.02 Å². The van der Waals surface area contributed by atoms with Crippen molar-refractivity contribution in [3.63, 3.8) is 0 Å². The first-order chi connectivity index (χ1) is 32.2. The third kappa shape index (κ3) is 13.1. The molecule has 1 aliphatic heterocycles. The number of amides is 3. The molecule has 13 nitrogen and oxygen atoms in total. The second-order valence-electron chi connectivity index (χ2n) is 17.3. The maximum absolute atomic E-state index is 14.0. The van der Waals surface area contributed by atoms with Crippen LogP contribution in [0.3, 0.4) is 0 Å². The summed E-state index contributed by atoms with van der Waals surface area (Å²) in [5, 5.41) is 17.6. The van der Waals surface area contributed by atoms with E-state index >= 15 is 0 Å². The number of halogens is 1. The number of nitrogens with zero attached hydrogens (tertiary/aromatic N) is 2. The quantitative estimate of drug-likeness (QED) is 0.0593. The first-order valence-electron chi connectivity index (χ1n) is 22.3. The van der Waals surface area contributed by atoms with Crippen LogP contribution < -0.4 is 20.1 Å². The molecule has 4 aromatic carbocycles. The van der Waals surface area contributed by atoms with Crippen LogP contribution in [0.15, 0.2) is 96.5 Å². The highest BCUT2D eigenvalue weighted by Gasteiger charge is 2.42. The lowest BCUT2D eigenvalue weighted by Crippen LogP contribution is -2.58. The molecule has 7 rings (SSSR count). The van der Waals surface area contributed by atoms with E-state index in [0.717, 1.165) is 42.2 Å². The van der Waals surface area contributed by atoms with E-state index in [4.69, 9.17) is 35.3 Å². The Hall–Kier alpha value is -5.55. The van der Waals surface area contributed by atoms with Crippen molar-refractivity contribution in [3.8, 4) is 43.9 Å². The molecule has 1 aliphatic rings. The summed E-state index contributed by atoms with van der Waals surface area (Å²) in [6, 6.07) is 26.5. The number of phenolic OH excluding ortho intramolecular Hbond substituents is 1. The maximum Gasteiger partial charge on any atom is 0.246 e. The summed E-state index contributed by atoms with van der Waals surface area (Å²) in [6.45, 7) is 11.6. The number of phenols is 1. The summed E-state index contributed by atoms with van der Waals surface area (Å²) in [5.74, 6) is 1.27. The van der Waals surface area contributed by atoms with Gasteiger partial charge in [0.15, 0.2) is 5.75 Å². The van der Waals surface area contributed by atoms with Gasteiger partial charge in [0.05, 0.1) is 60.0 Å². The van der Waals surface area contributed by atoms with Gasteiger partial charge in [-0.2, -0.15) is 0 Å². The Bertz CT molecular complexity index is 2590. The van der Waals surface area contributed by atoms with Gasteiger partial charge in [-0.25, -0.2) is 4.98 Å². The molecule has 354 valence electrons. The number of aryl methyl sites for hydroxylation is 1. The Balaban J connectivity index is 0.770. The van der Waals surface area contributed by atoms with Gasteiger partial charge in [0.1, 0.15) is 42.5 Å². The van der Waals surface area contributed by atoms with Gasteiger partial charge in [0.2, 0.25) is 17.7 Å². The minimum absolute atomic E-state index is 0.180. The second-order valence-corrected chi connectivity index (χ2v) is 19.7. The number of likely N-dealkylation sites (tertiary alicyclic amines) is 1. The number of thiazole rings is 1. The zero-order chi connectivity index (χ0) is 47.5. The maximum atomic E-state index is 14.0. The van der Waals surface area contributed by atoms with E-state index < -0.39 is 23.4 Å². The number of rotatable bonds is 21. The predicted molar refractivity (Wildman–Crippen MR) is 263 cm³/mol. The number of benzene rings is 4. The van der Waals surface area contributed by atoms with Crippen LogP contribution in [0.1, 0.15) is 57.8 Å². The van der Waals surface area contributed by atoms with E-state index in [1.165, 1.54) is 11.3 Å². The zero-order valence-electron chi connectivity index (χ0n) is 38.3. The van der Waals surface area contributed by atoms with Crippen molar-refractivity contribution in [1.82, 2.24) is 20.5 Å². The molecule has 2 aromatic heterocycles. The van der Waals surface area contributed by atoms with Gasteiger partial charge in [-0.15, -0.1) is 22.7 Å². The molecule has 16 heteroatoms. The monoisotopic (exact) mass is 968 g/mol. The van der Waals surface area contributed by atoms with Gasteiger partial charge in [-0.3, -0.25) is 14.4 Å². The van der Waals surface area contributed by atoms with Crippen molar-refractivity contribution in [2.45, 2.75) is 65.6 Å². The Morgan fingerprint density at radius 2 is 1.48 bits per heavy atom. The number of ether oxygens (including phenoxy) is 5. The summed E-state index contributed by atoms with van der Waals surface area (Å²) in [4.78, 5) is 48.6. The summed E-state index contributed by atoms with van der Waals surface area (Å²) in [7, 11) is 0. The fraction of sp³-hybridized carbons (Fsp3) is 0.373. The van der Waals surface area contributed by atoms with Crippen LogP contribution in [0, 0.1) is 12.3 Å². The molecule has 0 saturated carbocycles. The molecule has 1 unspecified atom stereocenters. The highest BCUT2D eigenvalue weighted by molar-refractivity contribution is 7.22. The number of nitrogens with one attached hydrogen (secondary N) is 2. The smallest absolute Gasteiger partial charge is 0.246 e. The molecule has 67 heavy (non-hydrogen) atoms. The van der Waals surface area contributed by atoms with Gasteiger partial charge in [-0.1, -0.05) is 68.8 Å². The second kappa shape index (κ2) is 23.0. The summed E-state index contributed by atoms with van der Waals surface area (Å²) in [6.07, 6.45) is 1.24. The molecule has 3 N–H and O–H groups in total. The third-order valence-corrected chi connectivity index (χ3v) is 13.7. The van der Waals surface area contributed by atoms with Crippen LogP contribution in [0.4, 0.5) is 0 Å². The van der Waals surface area contributed by atoms with Crippen molar-refractivity contribution in [1.29, 1.82) is 0 Å². The lowest BCUT2D eigenvalue weighted by atomic mass is 9.85. The van der Waals surface area contributed by atoms with Crippen molar-refractivity contribution < 1.29 is 43.2 Å². The number of hydrogen-bond acceptors (Lipinski definition) is 12. The molecule has 0 aliphatic carbocycles. The fourth-order valence-electron chi connectivity index (χ4n) is 7.71. The molecular formula is C51H57ClN4O9S2. The highest BCUT2D eigenvalue weighted by Crippen LogP contribution is 2.47. The summed E-state index contributed by atoms with van der Waals surface area (Å²) >= 11 is 9.27. The van der Waals surface area contributed by atoms with Crippen LogP contribution in [-0.4, -0.2) is 97.6 Å². The van der Waals surface area contributed by atoms with Gasteiger partial charge < -0.3 is 44.3 Å². The number of carbonyl (C=O) groups excluding carboxylic acids is 3. The average Bonchev–Trinajstić information content (AvgIpc) is 4.07. The van der Waals surface area contributed by atoms with Gasteiger partial charge in [0.25, 0.3) is 0 Å². The van der Waals surface area contributed by atoms with E-state index in [2.05, 4.69) is 15.6 Å². The normalized spacial score (nSPS) is 14.8. The lowest BCUT2D eigenvalue weighted by Gasteiger charge is -2.35. The molecular weight excluding hydrogens is 912 g/mol. The van der Waals surface area contributed by atoms with Gasteiger partial charge in [0, 0.05) is 21.7 Å². The van der Waals surface area contributed by atoms with Crippen molar-refractivity contribution in [2.75, 3.05) is 52.8 Å².